The van der Waals surface area contributed by atoms with Crippen molar-refractivity contribution in [1.29, 1.82) is 0 Å². The number of nitrogens with one attached hydrogen (secondary N) is 1. The summed E-state index contributed by atoms with van der Waals surface area (Å²) in [4.78, 5) is 43.1. The fourth-order valence-electron chi connectivity index (χ4n) is 2.68. The summed E-state index contributed by atoms with van der Waals surface area (Å²) in [5.74, 6) is -0.809. The van der Waals surface area contributed by atoms with Crippen LogP contribution in [0.4, 0.5) is 5.69 Å². The molecule has 0 bridgehead atoms. The Balaban J connectivity index is 1.45. The number of thiazole rings is 1. The van der Waals surface area contributed by atoms with Gasteiger partial charge in [-0.25, -0.2) is 9.78 Å². The Bertz CT molecular complexity index is 1260. The molecule has 0 aliphatic rings. The van der Waals surface area contributed by atoms with Crippen LogP contribution < -0.4 is 10.9 Å². The van der Waals surface area contributed by atoms with E-state index < -0.39 is 5.97 Å². The molecule has 0 aliphatic carbocycles. The number of amides is 1. The van der Waals surface area contributed by atoms with E-state index >= 15 is 0 Å². The van der Waals surface area contributed by atoms with Gasteiger partial charge < -0.3 is 10.1 Å². The molecule has 0 atom stereocenters. The van der Waals surface area contributed by atoms with Gasteiger partial charge in [0.15, 0.2) is 4.96 Å². The molecule has 4 rings (SSSR count). The first-order valence-electron chi connectivity index (χ1n) is 8.60. The number of rotatable bonds is 5. The fourth-order valence-corrected chi connectivity index (χ4v) is 4.15. The van der Waals surface area contributed by atoms with Gasteiger partial charge in [-0.15, -0.1) is 22.7 Å². The molecule has 0 radical (unpaired) electrons. The summed E-state index contributed by atoms with van der Waals surface area (Å²) in [5, 5.41) is 4.57. The Hall–Kier alpha value is -3.30. The van der Waals surface area contributed by atoms with Crippen LogP contribution in [0.5, 0.6) is 0 Å². The van der Waals surface area contributed by atoms with Gasteiger partial charge in [-0.2, -0.15) is 0 Å². The van der Waals surface area contributed by atoms with Crippen molar-refractivity contribution in [3.05, 3.63) is 85.4 Å². The van der Waals surface area contributed by atoms with Crippen LogP contribution in [-0.2, 0) is 11.3 Å². The second-order valence-electron chi connectivity index (χ2n) is 6.17. The number of hydrogen-bond acceptors (Lipinski definition) is 7. The van der Waals surface area contributed by atoms with E-state index in [0.717, 1.165) is 4.88 Å². The standard InChI is InChI=1S/C20H15N3O4S2/c1-12-10-23-17(24)9-15(22-20(23)29-12)11-27-19(26)13-4-2-5-14(8-13)21-18(25)16-6-3-7-28-16/h2-10H,11H2,1H3,(H,21,25). The largest absolute Gasteiger partial charge is 0.456 e. The van der Waals surface area contributed by atoms with Gasteiger partial charge in [0, 0.05) is 22.8 Å². The molecule has 0 saturated heterocycles. The number of hydrogen-bond donors (Lipinski definition) is 1. The summed E-state index contributed by atoms with van der Waals surface area (Å²) in [6.07, 6.45) is 1.72. The number of anilines is 1. The molecule has 7 nitrogen and oxygen atoms in total. The van der Waals surface area contributed by atoms with Crippen molar-refractivity contribution in [3.8, 4) is 0 Å². The Morgan fingerprint density at radius 1 is 1.21 bits per heavy atom. The van der Waals surface area contributed by atoms with E-state index in [9.17, 15) is 14.4 Å². The third kappa shape index (κ3) is 4.25. The number of ether oxygens (including phenoxy) is 1. The van der Waals surface area contributed by atoms with Gasteiger partial charge in [0.05, 0.1) is 16.1 Å². The van der Waals surface area contributed by atoms with E-state index in [2.05, 4.69) is 10.3 Å². The third-order valence-corrected chi connectivity index (χ3v) is 5.75. The lowest BCUT2D eigenvalue weighted by atomic mass is 10.2. The van der Waals surface area contributed by atoms with E-state index in [1.54, 1.807) is 42.6 Å². The molecular weight excluding hydrogens is 410 g/mol. The second-order valence-corrected chi connectivity index (χ2v) is 8.33. The topological polar surface area (TPSA) is 89.8 Å². The number of benzene rings is 1. The van der Waals surface area contributed by atoms with Crippen LogP contribution in [0.1, 0.15) is 30.6 Å². The quantitative estimate of drug-likeness (QED) is 0.492. The van der Waals surface area contributed by atoms with Gasteiger partial charge in [-0.05, 0) is 36.6 Å². The van der Waals surface area contributed by atoms with E-state index in [1.807, 2.05) is 12.3 Å². The highest BCUT2D eigenvalue weighted by molar-refractivity contribution is 7.16. The van der Waals surface area contributed by atoms with Gasteiger partial charge >= 0.3 is 5.97 Å². The normalized spacial score (nSPS) is 10.8. The number of aryl methyl sites for hydroxylation is 1. The van der Waals surface area contributed by atoms with Gasteiger partial charge in [-0.3, -0.25) is 14.0 Å². The smallest absolute Gasteiger partial charge is 0.338 e. The van der Waals surface area contributed by atoms with Crippen LogP contribution in [0.3, 0.4) is 0 Å². The molecule has 0 fully saturated rings. The van der Waals surface area contributed by atoms with Crippen molar-refractivity contribution in [3.63, 3.8) is 0 Å². The molecule has 146 valence electrons. The van der Waals surface area contributed by atoms with Crippen molar-refractivity contribution in [2.45, 2.75) is 13.5 Å². The molecule has 1 N–H and O–H groups in total. The second kappa shape index (κ2) is 7.98. The van der Waals surface area contributed by atoms with Gasteiger partial charge in [0.25, 0.3) is 11.5 Å². The monoisotopic (exact) mass is 425 g/mol. The Morgan fingerprint density at radius 3 is 2.86 bits per heavy atom. The SMILES string of the molecule is Cc1cn2c(=O)cc(COC(=O)c3cccc(NC(=O)c4cccs4)c3)nc2s1. The lowest BCUT2D eigenvalue weighted by Gasteiger charge is -2.07. The maximum absolute atomic E-state index is 12.4. The number of esters is 1. The lowest BCUT2D eigenvalue weighted by molar-refractivity contribution is 0.0467. The molecule has 0 unspecified atom stereocenters. The summed E-state index contributed by atoms with van der Waals surface area (Å²) in [5.41, 5.74) is 0.944. The zero-order valence-electron chi connectivity index (χ0n) is 15.2. The van der Waals surface area contributed by atoms with Crippen molar-refractivity contribution < 1.29 is 14.3 Å². The van der Waals surface area contributed by atoms with E-state index in [0.29, 0.717) is 26.8 Å². The summed E-state index contributed by atoms with van der Waals surface area (Å²) in [6, 6.07) is 11.4. The Labute approximate surface area is 173 Å². The van der Waals surface area contributed by atoms with Gasteiger partial charge in [-0.1, -0.05) is 12.1 Å². The number of fused-ring (bicyclic) bond motifs is 1. The molecule has 0 aliphatic heterocycles. The first-order valence-corrected chi connectivity index (χ1v) is 10.3. The van der Waals surface area contributed by atoms with E-state index in [1.165, 1.54) is 33.1 Å². The number of carbonyl (C=O) groups excluding carboxylic acids is 2. The van der Waals surface area contributed by atoms with Crippen molar-refractivity contribution in [1.82, 2.24) is 9.38 Å². The molecule has 0 saturated carbocycles. The van der Waals surface area contributed by atoms with Crippen molar-refractivity contribution in [2.75, 3.05) is 5.32 Å². The average molecular weight is 425 g/mol. The van der Waals surface area contributed by atoms with Crippen LogP contribution in [-0.4, -0.2) is 21.3 Å². The molecule has 4 aromatic rings. The average Bonchev–Trinajstić information content (AvgIpc) is 3.36. The first-order chi connectivity index (χ1) is 14.0. The maximum Gasteiger partial charge on any atom is 0.338 e. The molecule has 29 heavy (non-hydrogen) atoms. The number of thiophene rings is 1. The minimum atomic E-state index is -0.568. The predicted octanol–water partition coefficient (Wildman–Crippen LogP) is 3.74. The highest BCUT2D eigenvalue weighted by Gasteiger charge is 2.12. The Kier molecular flexibility index (Phi) is 5.24. The number of nitrogens with zero attached hydrogens (tertiary/aromatic N) is 2. The highest BCUT2D eigenvalue weighted by Crippen LogP contribution is 2.17. The zero-order chi connectivity index (χ0) is 20.4. The zero-order valence-corrected chi connectivity index (χ0v) is 16.9. The lowest BCUT2D eigenvalue weighted by Crippen LogP contribution is -2.15. The molecular formula is C20H15N3O4S2. The maximum atomic E-state index is 12.4. The summed E-state index contributed by atoms with van der Waals surface area (Å²) in [7, 11) is 0. The minimum absolute atomic E-state index is 0.118. The number of aromatic nitrogens is 2. The molecule has 1 amide bonds. The summed E-state index contributed by atoms with van der Waals surface area (Å²) < 4.78 is 6.76. The predicted molar refractivity (Wildman–Crippen MR) is 112 cm³/mol. The molecule has 0 spiro atoms. The van der Waals surface area contributed by atoms with E-state index in [4.69, 9.17) is 4.74 Å². The van der Waals surface area contributed by atoms with Crippen LogP contribution >= 0.6 is 22.7 Å². The Morgan fingerprint density at radius 2 is 2.07 bits per heavy atom. The molecule has 9 heteroatoms. The van der Waals surface area contributed by atoms with Crippen LogP contribution in [0.25, 0.3) is 4.96 Å². The van der Waals surface area contributed by atoms with Gasteiger partial charge in [0.2, 0.25) is 0 Å². The fraction of sp³-hybridized carbons (Fsp3) is 0.100. The van der Waals surface area contributed by atoms with Crippen molar-refractivity contribution in [2.24, 2.45) is 0 Å². The summed E-state index contributed by atoms with van der Waals surface area (Å²) in [6.45, 7) is 1.77. The van der Waals surface area contributed by atoms with Crippen molar-refractivity contribution >= 4 is 45.2 Å². The molecule has 3 heterocycles. The van der Waals surface area contributed by atoms with Crippen LogP contribution in [0, 0.1) is 6.92 Å². The van der Waals surface area contributed by atoms with E-state index in [-0.39, 0.29) is 18.1 Å². The minimum Gasteiger partial charge on any atom is -0.456 e. The third-order valence-electron chi connectivity index (χ3n) is 3.99. The summed E-state index contributed by atoms with van der Waals surface area (Å²) >= 11 is 2.72. The number of carbonyl (C=O) groups is 2. The first kappa shape index (κ1) is 19.0. The van der Waals surface area contributed by atoms with Gasteiger partial charge in [0.1, 0.15) is 6.61 Å². The highest BCUT2D eigenvalue weighted by atomic mass is 32.1. The molecule has 3 aromatic heterocycles. The molecule has 1 aromatic carbocycles. The van der Waals surface area contributed by atoms with Crippen LogP contribution in [0.2, 0.25) is 0 Å². The van der Waals surface area contributed by atoms with Crippen LogP contribution in [0.15, 0.2) is 58.8 Å².